The molecule has 1 aliphatic heterocycles. The summed E-state index contributed by atoms with van der Waals surface area (Å²) in [5.74, 6) is -1.75. The van der Waals surface area contributed by atoms with Crippen LogP contribution in [-0.4, -0.2) is 29.9 Å². The lowest BCUT2D eigenvalue weighted by molar-refractivity contribution is -0.307. The summed E-state index contributed by atoms with van der Waals surface area (Å²) in [6, 6.07) is 7.04. The van der Waals surface area contributed by atoms with Gasteiger partial charge in [0.1, 0.15) is 18.1 Å². The van der Waals surface area contributed by atoms with Gasteiger partial charge in [-0.05, 0) is 31.7 Å². The molecule has 0 saturated heterocycles. The zero-order valence-corrected chi connectivity index (χ0v) is 14.9. The van der Waals surface area contributed by atoms with Gasteiger partial charge in [0.05, 0.1) is 11.9 Å². The van der Waals surface area contributed by atoms with Crippen LogP contribution in [0.3, 0.4) is 0 Å². The molecule has 27 heavy (non-hydrogen) atoms. The van der Waals surface area contributed by atoms with E-state index in [4.69, 9.17) is 9.73 Å². The van der Waals surface area contributed by atoms with Crippen molar-refractivity contribution >= 4 is 23.2 Å². The molecule has 6 nitrogen and oxygen atoms in total. The second-order valence-corrected chi connectivity index (χ2v) is 7.21. The van der Waals surface area contributed by atoms with Crippen LogP contribution in [0.15, 0.2) is 40.5 Å². The van der Waals surface area contributed by atoms with E-state index in [9.17, 15) is 19.5 Å². The quantitative estimate of drug-likeness (QED) is 0.809. The van der Waals surface area contributed by atoms with Crippen molar-refractivity contribution in [1.29, 1.82) is 0 Å². The summed E-state index contributed by atoms with van der Waals surface area (Å²) in [5, 5.41) is 10.8. The number of Topliss-reactive ketones (excluding diaryl/α,β-unsaturated/α-hetero) is 2. The van der Waals surface area contributed by atoms with Gasteiger partial charge in [0.2, 0.25) is 0 Å². The Kier molecular flexibility index (Phi) is 4.64. The number of nitrogens with zero attached hydrogens (tertiary/aromatic N) is 1. The number of fused-ring (bicyclic) bond motifs is 1. The summed E-state index contributed by atoms with van der Waals surface area (Å²) in [7, 11) is 0. The van der Waals surface area contributed by atoms with Crippen LogP contribution >= 0.6 is 0 Å². The minimum atomic E-state index is -1.32. The summed E-state index contributed by atoms with van der Waals surface area (Å²) in [6.45, 7) is -0.580. The van der Waals surface area contributed by atoms with Crippen LogP contribution < -0.4 is 9.84 Å². The molecule has 140 valence electrons. The van der Waals surface area contributed by atoms with Crippen molar-refractivity contribution in [2.24, 2.45) is 10.9 Å². The molecule has 0 spiro atoms. The van der Waals surface area contributed by atoms with Gasteiger partial charge in [0, 0.05) is 41.3 Å². The predicted molar refractivity (Wildman–Crippen MR) is 95.4 cm³/mol. The third kappa shape index (κ3) is 3.20. The first-order chi connectivity index (χ1) is 13.1. The van der Waals surface area contributed by atoms with E-state index in [1.807, 2.05) is 12.1 Å². The van der Waals surface area contributed by atoms with E-state index in [2.05, 4.69) is 0 Å². The molecule has 4 rings (SSSR count). The van der Waals surface area contributed by atoms with E-state index in [0.29, 0.717) is 29.7 Å². The monoisotopic (exact) mass is 366 g/mol. The van der Waals surface area contributed by atoms with Crippen molar-refractivity contribution in [2.45, 2.75) is 44.4 Å². The third-order valence-electron chi connectivity index (χ3n) is 5.51. The maximum Gasteiger partial charge on any atom is 0.161 e. The minimum Gasteiger partial charge on any atom is -0.546 e. The number of carboxylic acids is 1. The number of allylic oxidation sites excluding steroid dienone is 2. The van der Waals surface area contributed by atoms with Crippen LogP contribution in [0.1, 0.15) is 50.0 Å². The van der Waals surface area contributed by atoms with Gasteiger partial charge in [-0.1, -0.05) is 18.2 Å². The van der Waals surface area contributed by atoms with E-state index in [1.165, 1.54) is 0 Å². The number of rotatable bonds is 4. The van der Waals surface area contributed by atoms with Gasteiger partial charge in [-0.2, -0.15) is 0 Å². The number of para-hydroxylation sites is 1. The largest absolute Gasteiger partial charge is 0.546 e. The summed E-state index contributed by atoms with van der Waals surface area (Å²) < 4.78 is 5.43. The molecular formula is C21H20NO5-. The van der Waals surface area contributed by atoms with Gasteiger partial charge in [-0.25, -0.2) is 0 Å². The second kappa shape index (κ2) is 7.10. The fraction of sp³-hybridized carbons (Fsp3) is 0.429. The van der Waals surface area contributed by atoms with E-state index in [0.717, 1.165) is 37.1 Å². The number of ketones is 2. The fourth-order valence-electron chi connectivity index (χ4n) is 4.44. The van der Waals surface area contributed by atoms with Crippen molar-refractivity contribution < 1.29 is 24.2 Å². The Morgan fingerprint density at radius 2 is 1.85 bits per heavy atom. The highest BCUT2D eigenvalue weighted by atomic mass is 16.5. The number of ether oxygens (including phenoxy) is 1. The predicted octanol–water partition coefficient (Wildman–Crippen LogP) is 1.73. The van der Waals surface area contributed by atoms with Crippen LogP contribution in [0.25, 0.3) is 0 Å². The first-order valence-corrected chi connectivity index (χ1v) is 9.34. The van der Waals surface area contributed by atoms with Gasteiger partial charge in [0.25, 0.3) is 0 Å². The molecule has 2 unspecified atom stereocenters. The maximum absolute atomic E-state index is 12.8. The lowest BCUT2D eigenvalue weighted by Gasteiger charge is -2.38. The molecular weight excluding hydrogens is 346 g/mol. The Morgan fingerprint density at radius 1 is 1.07 bits per heavy atom. The van der Waals surface area contributed by atoms with E-state index >= 15 is 0 Å². The Balaban J connectivity index is 1.85. The fourth-order valence-corrected chi connectivity index (χ4v) is 4.44. The smallest absolute Gasteiger partial charge is 0.161 e. The Labute approximate surface area is 156 Å². The normalized spacial score (nSPS) is 24.8. The minimum absolute atomic E-state index is 0.0251. The molecule has 1 aromatic rings. The first-order valence-electron chi connectivity index (χ1n) is 9.34. The Bertz CT molecular complexity index is 882. The van der Waals surface area contributed by atoms with Crippen molar-refractivity contribution in [3.8, 4) is 5.75 Å². The highest BCUT2D eigenvalue weighted by molar-refractivity contribution is 6.12. The summed E-state index contributed by atoms with van der Waals surface area (Å²) in [6.07, 6.45) is 3.94. The number of benzene rings is 1. The molecule has 2 atom stereocenters. The van der Waals surface area contributed by atoms with Crippen molar-refractivity contribution in [2.75, 3.05) is 6.61 Å². The number of carboxylic acid groups (broad SMARTS) is 1. The zero-order chi connectivity index (χ0) is 19.0. The molecule has 1 fully saturated rings. The summed E-state index contributed by atoms with van der Waals surface area (Å²) in [5.41, 5.74) is 2.91. The van der Waals surface area contributed by atoms with Gasteiger partial charge < -0.3 is 14.6 Å². The highest BCUT2D eigenvalue weighted by Gasteiger charge is 2.45. The van der Waals surface area contributed by atoms with E-state index in [-0.39, 0.29) is 11.6 Å². The lowest BCUT2D eigenvalue weighted by Crippen LogP contribution is -2.40. The standard InChI is InChI=1S/C21H21NO5/c23-15-8-3-6-13-20(15)19(21-14(22-13)7-4-9-16(21)24)12-5-1-2-10-17(12)27-11-18(25)26/h1-2,5,10,19-20H,3-4,6-9,11H2,(H,25,26)/p-1. The van der Waals surface area contributed by atoms with E-state index < -0.39 is 24.4 Å². The van der Waals surface area contributed by atoms with Crippen molar-refractivity contribution in [1.82, 2.24) is 0 Å². The second-order valence-electron chi connectivity index (χ2n) is 7.21. The molecule has 0 aromatic heterocycles. The van der Waals surface area contributed by atoms with Gasteiger partial charge >= 0.3 is 0 Å². The van der Waals surface area contributed by atoms with Crippen LogP contribution in [0.4, 0.5) is 0 Å². The topological polar surface area (TPSA) is 95.9 Å². The van der Waals surface area contributed by atoms with Gasteiger partial charge in [-0.15, -0.1) is 0 Å². The average Bonchev–Trinajstić information content (AvgIpc) is 2.65. The van der Waals surface area contributed by atoms with E-state index in [1.54, 1.807) is 12.1 Å². The summed E-state index contributed by atoms with van der Waals surface area (Å²) in [4.78, 5) is 41.2. The zero-order valence-electron chi connectivity index (χ0n) is 14.9. The number of hydrogen-bond acceptors (Lipinski definition) is 6. The molecule has 6 heteroatoms. The molecule has 1 aromatic carbocycles. The molecule has 2 aliphatic carbocycles. The number of aliphatic imine (C=N–C) groups is 1. The molecule has 0 radical (unpaired) electrons. The highest BCUT2D eigenvalue weighted by Crippen LogP contribution is 2.48. The van der Waals surface area contributed by atoms with Crippen LogP contribution in [0.5, 0.6) is 5.75 Å². The maximum atomic E-state index is 12.8. The first kappa shape index (κ1) is 17.6. The van der Waals surface area contributed by atoms with Gasteiger partial charge in [0.15, 0.2) is 5.78 Å². The Hall–Kier alpha value is -2.76. The van der Waals surface area contributed by atoms with Crippen LogP contribution in [0, 0.1) is 5.92 Å². The molecule has 1 saturated carbocycles. The molecule has 0 N–H and O–H groups in total. The SMILES string of the molecule is O=C([O-])COc1ccccc1C1C2=C(CCCC2=O)N=C2CCCC(=O)C21. The third-order valence-corrected chi connectivity index (χ3v) is 5.51. The number of carbonyl (C=O) groups is 3. The number of hydrogen-bond donors (Lipinski definition) is 0. The van der Waals surface area contributed by atoms with Crippen LogP contribution in [0.2, 0.25) is 0 Å². The van der Waals surface area contributed by atoms with Crippen molar-refractivity contribution in [3.63, 3.8) is 0 Å². The molecule has 0 bridgehead atoms. The Morgan fingerprint density at radius 3 is 2.67 bits per heavy atom. The molecule has 1 heterocycles. The summed E-state index contributed by atoms with van der Waals surface area (Å²) >= 11 is 0. The van der Waals surface area contributed by atoms with Gasteiger partial charge in [-0.3, -0.25) is 14.6 Å². The number of aliphatic carboxylic acids is 1. The molecule has 3 aliphatic rings. The average molecular weight is 366 g/mol. The lowest BCUT2D eigenvalue weighted by atomic mass is 9.67. The molecule has 0 amide bonds. The van der Waals surface area contributed by atoms with Crippen LogP contribution in [-0.2, 0) is 14.4 Å². The van der Waals surface area contributed by atoms with Crippen molar-refractivity contribution in [3.05, 3.63) is 41.1 Å². The number of carbonyl (C=O) groups excluding carboxylic acids is 3.